The van der Waals surface area contributed by atoms with Crippen molar-refractivity contribution in [1.29, 1.82) is 0 Å². The van der Waals surface area contributed by atoms with E-state index >= 15 is 8.78 Å². The Kier molecular flexibility index (Phi) is 12.3. The summed E-state index contributed by atoms with van der Waals surface area (Å²) in [7, 11) is -2.91. The number of carboxylic acid groups (broad SMARTS) is 1. The van der Waals surface area contributed by atoms with Gasteiger partial charge in [-0.05, 0) is 63.0 Å². The van der Waals surface area contributed by atoms with Crippen LogP contribution in [0, 0.1) is 23.7 Å². The minimum absolute atomic E-state index is 0.0250. The van der Waals surface area contributed by atoms with Gasteiger partial charge < -0.3 is 30.1 Å². The Morgan fingerprint density at radius 1 is 1.08 bits per heavy atom. The molecule has 1 aromatic heterocycles. The number of alkyl halides is 4. The molecule has 1 saturated heterocycles. The van der Waals surface area contributed by atoms with Crippen LogP contribution >= 0.6 is 0 Å². The van der Waals surface area contributed by atoms with Gasteiger partial charge in [0.15, 0.2) is 5.69 Å². The first-order valence-electron chi connectivity index (χ1n) is 20.0. The highest BCUT2D eigenvalue weighted by molar-refractivity contribution is 7.91. The molecule has 4 fully saturated rings. The zero-order chi connectivity index (χ0) is 43.2. The molecule has 326 valence electrons. The average molecular weight is 857 g/mol. The van der Waals surface area contributed by atoms with Crippen LogP contribution in [0.1, 0.15) is 97.6 Å². The third kappa shape index (κ3) is 9.16. The van der Waals surface area contributed by atoms with E-state index < -0.39 is 123 Å². The molecule has 20 heteroatoms. The predicted molar refractivity (Wildman–Crippen MR) is 204 cm³/mol. The lowest BCUT2D eigenvalue weighted by Gasteiger charge is -2.32. The number of carbonyl (C=O) groups is 4. The Morgan fingerprint density at radius 2 is 1.78 bits per heavy atom. The number of halogens is 4. The predicted octanol–water partition coefficient (Wildman–Crippen LogP) is 5.12. The second-order valence-corrected chi connectivity index (χ2v) is 19.1. The van der Waals surface area contributed by atoms with Crippen LogP contribution in [0.3, 0.4) is 0 Å². The van der Waals surface area contributed by atoms with Gasteiger partial charge in [0.1, 0.15) is 29.5 Å². The van der Waals surface area contributed by atoms with E-state index in [4.69, 9.17) is 9.47 Å². The second-order valence-electron chi connectivity index (χ2n) is 17.0. The van der Waals surface area contributed by atoms with Crippen molar-refractivity contribution in [3.63, 3.8) is 0 Å². The van der Waals surface area contributed by atoms with Crippen LogP contribution in [0.4, 0.5) is 22.4 Å². The Hall–Kier alpha value is -4.49. The van der Waals surface area contributed by atoms with Crippen molar-refractivity contribution in [2.45, 2.75) is 133 Å². The number of carbonyl (C=O) groups excluding carboxylic acids is 3. The normalized spacial score (nSPS) is 25.4. The number of benzene rings is 1. The number of nitrogens with one attached hydrogen (secondary N) is 3. The van der Waals surface area contributed by atoms with Crippen molar-refractivity contribution in [1.82, 2.24) is 30.2 Å². The Morgan fingerprint density at radius 3 is 2.34 bits per heavy atom. The molecule has 15 nitrogen and oxygen atoms in total. The number of aromatic nitrogens is 2. The molecule has 1 aliphatic heterocycles. The molecule has 0 unspecified atom stereocenters. The summed E-state index contributed by atoms with van der Waals surface area (Å²) in [5.74, 6) is -10.1. The lowest BCUT2D eigenvalue weighted by atomic mass is 9.93. The van der Waals surface area contributed by atoms with Crippen LogP contribution in [0.25, 0.3) is 11.0 Å². The van der Waals surface area contributed by atoms with Gasteiger partial charge in [0.2, 0.25) is 34.1 Å². The Balaban J connectivity index is 1.36. The molecule has 2 aromatic rings. The van der Waals surface area contributed by atoms with Crippen molar-refractivity contribution >= 4 is 44.9 Å². The molecule has 4 N–H and O–H groups in total. The molecule has 2 heterocycles. The van der Waals surface area contributed by atoms with E-state index in [1.54, 1.807) is 20.8 Å². The van der Waals surface area contributed by atoms with E-state index in [1.807, 2.05) is 4.72 Å². The first-order chi connectivity index (χ1) is 27.7. The molecule has 4 aliphatic rings. The molecule has 4 amide bonds. The first kappa shape index (κ1) is 44.1. The van der Waals surface area contributed by atoms with Gasteiger partial charge in [0.25, 0.3) is 11.8 Å². The van der Waals surface area contributed by atoms with E-state index in [2.05, 4.69) is 20.6 Å². The van der Waals surface area contributed by atoms with Crippen molar-refractivity contribution < 1.29 is 59.7 Å². The van der Waals surface area contributed by atoms with Crippen molar-refractivity contribution in [3.05, 3.63) is 23.9 Å². The second kappa shape index (κ2) is 16.5. The van der Waals surface area contributed by atoms with Gasteiger partial charge in [-0.25, -0.2) is 32.0 Å². The molecule has 6 atom stereocenters. The summed E-state index contributed by atoms with van der Waals surface area (Å²) < 4.78 is 99.2. The van der Waals surface area contributed by atoms with E-state index in [9.17, 15) is 41.5 Å². The van der Waals surface area contributed by atoms with Gasteiger partial charge in [0.05, 0.1) is 35.4 Å². The maximum Gasteiger partial charge on any atom is 0.405 e. The standard InChI is InChI=1S/C39H52F4N6O9S/c1-6-23-27(58-33-30(39(42,43)14-8-7-9-21-10-11-21)44-25-13-12-22(57-5)17-26(25)45-33)19-49(34(51)28(20(2)3)46-36(53)54)29(23)32(50)47-38(18-24(38)31(40)41)35(52)48-59(55,56)37(4)15-16-37/h12-13,17,20-21,23-24,27-29,31,46H,6-11,14-16,18-19H2,1-5H3,(H,47,50)(H,48,52)(H,53,54)/t23-,24+,27+,28+,29+,38-/m1/s1. The summed E-state index contributed by atoms with van der Waals surface area (Å²) in [5.41, 5.74) is -2.88. The zero-order valence-electron chi connectivity index (χ0n) is 33.6. The number of rotatable bonds is 19. The van der Waals surface area contributed by atoms with Gasteiger partial charge in [0, 0.05) is 18.4 Å². The molecule has 3 saturated carbocycles. The maximum atomic E-state index is 16.2. The number of nitrogens with zero attached hydrogens (tertiary/aromatic N) is 3. The Labute approximate surface area is 339 Å². The molecule has 0 radical (unpaired) electrons. The average Bonchev–Trinajstić information content (AvgIpc) is 4.10. The molecule has 0 bridgehead atoms. The lowest BCUT2D eigenvalue weighted by Crippen LogP contribution is -2.60. The highest BCUT2D eigenvalue weighted by Crippen LogP contribution is 2.50. The fourth-order valence-corrected chi connectivity index (χ4v) is 9.23. The van der Waals surface area contributed by atoms with Gasteiger partial charge in [-0.2, -0.15) is 8.78 Å². The minimum Gasteiger partial charge on any atom is -0.497 e. The lowest BCUT2D eigenvalue weighted by molar-refractivity contribution is -0.142. The minimum atomic E-state index is -4.32. The topological polar surface area (TPSA) is 206 Å². The molecular weight excluding hydrogens is 805 g/mol. The quantitative estimate of drug-likeness (QED) is 0.108. The molecule has 59 heavy (non-hydrogen) atoms. The monoisotopic (exact) mass is 856 g/mol. The number of hydrogen-bond acceptors (Lipinski definition) is 10. The molecule has 0 spiro atoms. The Bertz CT molecular complexity index is 2070. The van der Waals surface area contributed by atoms with Crippen LogP contribution in [-0.4, -0.2) is 101 Å². The fourth-order valence-electron chi connectivity index (χ4n) is 7.92. The van der Waals surface area contributed by atoms with Gasteiger partial charge in [-0.15, -0.1) is 0 Å². The van der Waals surface area contributed by atoms with Crippen LogP contribution in [0.2, 0.25) is 0 Å². The third-order valence-electron chi connectivity index (χ3n) is 12.2. The number of sulfonamides is 1. The number of fused-ring (bicyclic) bond motifs is 1. The van der Waals surface area contributed by atoms with E-state index in [0.717, 1.165) is 24.2 Å². The number of unbranched alkanes of at least 4 members (excludes halogenated alkanes) is 1. The summed E-state index contributed by atoms with van der Waals surface area (Å²) >= 11 is 0. The van der Waals surface area contributed by atoms with Crippen LogP contribution in [0.5, 0.6) is 11.6 Å². The summed E-state index contributed by atoms with van der Waals surface area (Å²) in [6.45, 7) is 5.62. The molecule has 6 rings (SSSR count). The van der Waals surface area contributed by atoms with E-state index in [1.165, 1.54) is 32.2 Å². The highest BCUT2D eigenvalue weighted by atomic mass is 32.2. The molecule has 3 aliphatic carbocycles. The number of likely N-dealkylation sites (tertiary alicyclic amines) is 1. The van der Waals surface area contributed by atoms with Gasteiger partial charge >= 0.3 is 6.09 Å². The van der Waals surface area contributed by atoms with E-state index in [-0.39, 0.29) is 36.7 Å². The summed E-state index contributed by atoms with van der Waals surface area (Å²) in [5, 5.41) is 14.1. The summed E-state index contributed by atoms with van der Waals surface area (Å²) in [6, 6.07) is 1.42. The van der Waals surface area contributed by atoms with Crippen molar-refractivity contribution in [3.8, 4) is 11.6 Å². The summed E-state index contributed by atoms with van der Waals surface area (Å²) in [6.07, 6.45) is -2.89. The number of hydrogen-bond donors (Lipinski definition) is 4. The number of methoxy groups -OCH3 is 1. The van der Waals surface area contributed by atoms with Gasteiger partial charge in [-0.1, -0.05) is 46.5 Å². The highest BCUT2D eigenvalue weighted by Gasteiger charge is 2.67. The van der Waals surface area contributed by atoms with Gasteiger partial charge in [-0.3, -0.25) is 19.1 Å². The molecular formula is C39H52F4N6O9S. The van der Waals surface area contributed by atoms with Crippen LogP contribution in [-0.2, 0) is 30.3 Å². The zero-order valence-corrected chi connectivity index (χ0v) is 34.4. The van der Waals surface area contributed by atoms with Crippen LogP contribution < -0.4 is 24.8 Å². The third-order valence-corrected chi connectivity index (χ3v) is 14.4. The first-order valence-corrected chi connectivity index (χ1v) is 21.5. The van der Waals surface area contributed by atoms with Crippen molar-refractivity contribution in [2.24, 2.45) is 23.7 Å². The SMILES string of the molecule is CC[C@@H]1[C@@H](Oc2nc3cc(OC)ccc3nc2C(F)(F)CCCCC2CC2)CN(C(=O)[C@@H](NC(=O)O)C(C)C)[C@@H]1C(=O)N[C@]1(C(=O)NS(=O)(=O)C2(C)CC2)C[C@H]1C(F)F. The maximum absolute atomic E-state index is 16.2. The molecule has 1 aromatic carbocycles. The smallest absolute Gasteiger partial charge is 0.405 e. The number of amides is 4. The van der Waals surface area contributed by atoms with Crippen LogP contribution in [0.15, 0.2) is 18.2 Å². The summed E-state index contributed by atoms with van der Waals surface area (Å²) in [4.78, 5) is 63.9. The van der Waals surface area contributed by atoms with E-state index in [0.29, 0.717) is 18.1 Å². The largest absolute Gasteiger partial charge is 0.497 e. The fraction of sp³-hybridized carbons (Fsp3) is 0.692. The number of ether oxygens (including phenoxy) is 2. The van der Waals surface area contributed by atoms with Crippen molar-refractivity contribution in [2.75, 3.05) is 13.7 Å².